The molecule has 4 aromatic rings. The molecule has 34 heavy (non-hydrogen) atoms. The molecular weight excluding hydrogens is 441 g/mol. The molecule has 1 aliphatic rings. The molecule has 2 aromatic carbocycles. The molecule has 10 heteroatoms. The fourth-order valence-electron chi connectivity index (χ4n) is 3.86. The van der Waals surface area contributed by atoms with E-state index in [1.165, 1.54) is 19.2 Å². The predicted octanol–water partition coefficient (Wildman–Crippen LogP) is 3.30. The van der Waals surface area contributed by atoms with Crippen molar-refractivity contribution in [2.24, 2.45) is 0 Å². The number of carbonyl (C=O) groups excluding carboxylic acids is 2. The molecule has 9 nitrogen and oxygen atoms in total. The first-order chi connectivity index (χ1) is 16.4. The van der Waals surface area contributed by atoms with Crippen molar-refractivity contribution >= 4 is 22.7 Å². The van der Waals surface area contributed by atoms with Gasteiger partial charge in [0, 0.05) is 10.9 Å². The zero-order chi connectivity index (χ0) is 23.9. The maximum atomic E-state index is 15.0. The Hall–Kier alpha value is -4.21. The molecule has 2 aromatic heterocycles. The predicted molar refractivity (Wildman–Crippen MR) is 120 cm³/mol. The summed E-state index contributed by atoms with van der Waals surface area (Å²) in [6.45, 7) is 1.69. The van der Waals surface area contributed by atoms with Crippen LogP contribution < -0.4 is 15.4 Å². The molecule has 0 saturated heterocycles. The first-order valence-electron chi connectivity index (χ1n) is 10.8. The smallest absolute Gasteiger partial charge is 0.290 e. The molecule has 0 bridgehead atoms. The summed E-state index contributed by atoms with van der Waals surface area (Å²) in [5.74, 6) is -1.32. The van der Waals surface area contributed by atoms with Gasteiger partial charge in [-0.3, -0.25) is 9.59 Å². The Morgan fingerprint density at radius 3 is 2.71 bits per heavy atom. The number of hydrogen-bond acceptors (Lipinski definition) is 6. The Morgan fingerprint density at radius 2 is 2.00 bits per heavy atom. The molecule has 0 spiro atoms. The SMILES string of the molecule is COc1cc(C(=O)NC2(C(=O)N[C@H](C)c3ccc(-n4ncc5ccccc54)cc3F)CC2)on1. The number of hydrogen-bond donors (Lipinski definition) is 2. The lowest BCUT2D eigenvalue weighted by molar-refractivity contribution is -0.124. The van der Waals surface area contributed by atoms with E-state index < -0.39 is 23.3 Å². The van der Waals surface area contributed by atoms with Gasteiger partial charge < -0.3 is 19.9 Å². The van der Waals surface area contributed by atoms with Crippen molar-refractivity contribution in [1.29, 1.82) is 0 Å². The van der Waals surface area contributed by atoms with Crippen molar-refractivity contribution in [3.8, 4) is 11.6 Å². The number of fused-ring (bicyclic) bond motifs is 1. The number of aromatic nitrogens is 3. The third-order valence-electron chi connectivity index (χ3n) is 5.98. The molecule has 0 radical (unpaired) electrons. The third kappa shape index (κ3) is 3.87. The Bertz CT molecular complexity index is 1390. The number of para-hydroxylation sites is 1. The van der Waals surface area contributed by atoms with Gasteiger partial charge in [0.15, 0.2) is 0 Å². The molecule has 2 heterocycles. The minimum absolute atomic E-state index is 0.0586. The van der Waals surface area contributed by atoms with E-state index in [0.717, 1.165) is 10.9 Å². The number of rotatable bonds is 7. The van der Waals surface area contributed by atoms with Crippen LogP contribution in [0.3, 0.4) is 0 Å². The molecule has 2 amide bonds. The molecule has 174 valence electrons. The quantitative estimate of drug-likeness (QED) is 0.435. The number of nitrogens with one attached hydrogen (secondary N) is 2. The van der Waals surface area contributed by atoms with Gasteiger partial charge in [-0.2, -0.15) is 5.10 Å². The lowest BCUT2D eigenvalue weighted by Gasteiger charge is -2.21. The topological polar surface area (TPSA) is 111 Å². The largest absolute Gasteiger partial charge is 0.479 e. The molecule has 0 unspecified atom stereocenters. The van der Waals surface area contributed by atoms with Gasteiger partial charge in [-0.1, -0.05) is 24.3 Å². The molecule has 1 fully saturated rings. The minimum atomic E-state index is -1.06. The number of methoxy groups -OCH3 is 1. The van der Waals surface area contributed by atoms with Crippen molar-refractivity contribution in [3.63, 3.8) is 0 Å². The molecule has 1 saturated carbocycles. The van der Waals surface area contributed by atoms with Crippen LogP contribution in [0.1, 0.15) is 41.9 Å². The standard InChI is InChI=1S/C24H22FN5O4/c1-14(27-23(32)24(9-10-24)28-22(31)20-12-21(33-2)29-34-20)17-8-7-16(11-18(17)25)30-19-6-4-3-5-15(19)13-26-30/h3-8,11-14H,9-10H2,1-2H3,(H,27,32)(H,28,31)/t14-/m1/s1. The maximum absolute atomic E-state index is 15.0. The van der Waals surface area contributed by atoms with Gasteiger partial charge in [0.05, 0.1) is 36.6 Å². The van der Waals surface area contributed by atoms with Crippen LogP contribution in [0.2, 0.25) is 0 Å². The highest BCUT2D eigenvalue weighted by Gasteiger charge is 2.52. The maximum Gasteiger partial charge on any atom is 0.290 e. The van der Waals surface area contributed by atoms with Crippen molar-refractivity contribution < 1.29 is 23.2 Å². The Balaban J connectivity index is 1.28. The van der Waals surface area contributed by atoms with E-state index in [1.54, 1.807) is 29.9 Å². The van der Waals surface area contributed by atoms with Crippen molar-refractivity contribution in [2.45, 2.75) is 31.3 Å². The fraction of sp³-hybridized carbons (Fsp3) is 0.250. The van der Waals surface area contributed by atoms with Crippen LogP contribution >= 0.6 is 0 Å². The lowest BCUT2D eigenvalue weighted by atomic mass is 10.1. The van der Waals surface area contributed by atoms with Crippen LogP contribution in [-0.4, -0.2) is 39.4 Å². The lowest BCUT2D eigenvalue weighted by Crippen LogP contribution is -2.49. The summed E-state index contributed by atoms with van der Waals surface area (Å²) in [6, 6.07) is 13.2. The van der Waals surface area contributed by atoms with E-state index in [0.29, 0.717) is 24.1 Å². The zero-order valence-corrected chi connectivity index (χ0v) is 18.5. The van der Waals surface area contributed by atoms with Crippen molar-refractivity contribution in [2.75, 3.05) is 7.11 Å². The molecular formula is C24H22FN5O4. The van der Waals surface area contributed by atoms with E-state index >= 15 is 4.39 Å². The van der Waals surface area contributed by atoms with Crippen LogP contribution in [-0.2, 0) is 4.79 Å². The van der Waals surface area contributed by atoms with Gasteiger partial charge in [-0.05, 0) is 43.1 Å². The summed E-state index contributed by atoms with van der Waals surface area (Å²) < 4.78 is 26.5. The highest BCUT2D eigenvalue weighted by molar-refractivity contribution is 5.99. The van der Waals surface area contributed by atoms with Gasteiger partial charge in [0.1, 0.15) is 11.4 Å². The van der Waals surface area contributed by atoms with Crippen LogP contribution in [0.15, 0.2) is 59.3 Å². The molecule has 0 aliphatic heterocycles. The number of carbonyl (C=O) groups is 2. The summed E-state index contributed by atoms with van der Waals surface area (Å²) in [4.78, 5) is 25.4. The molecule has 1 atom stereocenters. The second kappa shape index (κ2) is 8.29. The van der Waals surface area contributed by atoms with E-state index in [-0.39, 0.29) is 17.5 Å². The third-order valence-corrected chi connectivity index (χ3v) is 5.98. The van der Waals surface area contributed by atoms with E-state index in [2.05, 4.69) is 20.9 Å². The van der Waals surface area contributed by atoms with E-state index in [4.69, 9.17) is 9.26 Å². The van der Waals surface area contributed by atoms with Gasteiger partial charge in [0.25, 0.3) is 11.8 Å². The normalized spacial score (nSPS) is 15.0. The fourth-order valence-corrected chi connectivity index (χ4v) is 3.86. The second-order valence-electron chi connectivity index (χ2n) is 8.29. The number of halogens is 1. The van der Waals surface area contributed by atoms with E-state index in [9.17, 15) is 9.59 Å². The molecule has 2 N–H and O–H groups in total. The summed E-state index contributed by atoms with van der Waals surface area (Å²) in [5.41, 5.74) is 0.715. The summed E-state index contributed by atoms with van der Waals surface area (Å²) >= 11 is 0. The summed E-state index contributed by atoms with van der Waals surface area (Å²) in [7, 11) is 1.40. The average molecular weight is 463 g/mol. The van der Waals surface area contributed by atoms with Gasteiger partial charge in [-0.25, -0.2) is 9.07 Å². The number of benzene rings is 2. The van der Waals surface area contributed by atoms with E-state index in [1.807, 2.05) is 24.3 Å². The molecule has 5 rings (SSSR count). The Kier molecular flexibility index (Phi) is 5.27. The van der Waals surface area contributed by atoms with Crippen LogP contribution in [0, 0.1) is 5.82 Å². The van der Waals surface area contributed by atoms with Gasteiger partial charge in [-0.15, -0.1) is 0 Å². The van der Waals surface area contributed by atoms with Crippen LogP contribution in [0.5, 0.6) is 5.88 Å². The highest BCUT2D eigenvalue weighted by atomic mass is 19.1. The average Bonchev–Trinajstić information content (AvgIpc) is 3.27. The number of nitrogens with zero attached hydrogens (tertiary/aromatic N) is 3. The Labute approximate surface area is 193 Å². The van der Waals surface area contributed by atoms with Crippen LogP contribution in [0.4, 0.5) is 4.39 Å². The monoisotopic (exact) mass is 463 g/mol. The van der Waals surface area contributed by atoms with Crippen LogP contribution in [0.25, 0.3) is 16.6 Å². The first kappa shape index (κ1) is 21.6. The van der Waals surface area contributed by atoms with Crippen molar-refractivity contribution in [3.05, 3.63) is 71.9 Å². The Morgan fingerprint density at radius 1 is 1.21 bits per heavy atom. The van der Waals surface area contributed by atoms with Gasteiger partial charge >= 0.3 is 0 Å². The second-order valence-corrected chi connectivity index (χ2v) is 8.29. The number of amides is 2. The first-order valence-corrected chi connectivity index (χ1v) is 10.8. The van der Waals surface area contributed by atoms with Crippen molar-refractivity contribution in [1.82, 2.24) is 25.6 Å². The highest BCUT2D eigenvalue weighted by Crippen LogP contribution is 2.37. The molecule has 1 aliphatic carbocycles. The summed E-state index contributed by atoms with van der Waals surface area (Å²) in [6.07, 6.45) is 2.66. The minimum Gasteiger partial charge on any atom is -0.479 e. The zero-order valence-electron chi connectivity index (χ0n) is 18.5. The summed E-state index contributed by atoms with van der Waals surface area (Å²) in [5, 5.41) is 14.4. The number of ether oxygens (including phenoxy) is 1. The van der Waals surface area contributed by atoms with Gasteiger partial charge in [0.2, 0.25) is 11.7 Å².